The average Bonchev–Trinajstić information content (AvgIpc) is 1.90. The molecule has 1 nitrogen and oxygen atoms in total. The first kappa shape index (κ1) is 6.14. The molecular weight excluding hydrogens is 110 g/mol. The molecule has 0 amide bonds. The van der Waals surface area contributed by atoms with E-state index in [0.29, 0.717) is 0 Å². The van der Waals surface area contributed by atoms with Crippen LogP contribution in [0, 0.1) is 6.42 Å². The average molecular weight is 119 g/mol. The summed E-state index contributed by atoms with van der Waals surface area (Å²) in [6, 6.07) is 7.61. The predicted octanol–water partition coefficient (Wildman–Crippen LogP) is 1.72. The summed E-state index contributed by atoms with van der Waals surface area (Å²) in [5, 5.41) is 0. The topological polar surface area (TPSA) is 26.0 Å². The molecule has 0 atom stereocenters. The monoisotopic (exact) mass is 119 g/mol. The molecule has 9 heavy (non-hydrogen) atoms. The van der Waals surface area contributed by atoms with Gasteiger partial charge < -0.3 is 5.73 Å². The summed E-state index contributed by atoms with van der Waals surface area (Å²) in [5.74, 6) is 0. The Morgan fingerprint density at radius 2 is 1.78 bits per heavy atom. The Kier molecular flexibility index (Phi) is 1.73. The summed E-state index contributed by atoms with van der Waals surface area (Å²) in [6.45, 7) is 1.88. The second-order valence-corrected chi connectivity index (χ2v) is 1.87. The van der Waals surface area contributed by atoms with Gasteiger partial charge in [0.05, 0.1) is 0 Å². The standard InChI is InChI=1S/C8H9N/c1-2-7-3-5-8(9)6-4-7/h3-6H,9H2,1H3. The third-order valence-corrected chi connectivity index (χ3v) is 1.20. The van der Waals surface area contributed by atoms with E-state index in [9.17, 15) is 0 Å². The van der Waals surface area contributed by atoms with E-state index in [1.807, 2.05) is 31.2 Å². The van der Waals surface area contributed by atoms with E-state index < -0.39 is 0 Å². The van der Waals surface area contributed by atoms with Gasteiger partial charge in [-0.15, -0.1) is 0 Å². The summed E-state index contributed by atoms with van der Waals surface area (Å²) < 4.78 is 0. The van der Waals surface area contributed by atoms with E-state index in [1.165, 1.54) is 0 Å². The Bertz CT molecular complexity index is 176. The first-order valence-electron chi connectivity index (χ1n) is 2.86. The molecule has 0 aromatic heterocycles. The van der Waals surface area contributed by atoms with Crippen molar-refractivity contribution in [2.45, 2.75) is 6.92 Å². The SMILES string of the molecule is C[C]c1ccc(N)cc1. The largest absolute Gasteiger partial charge is 0.399 e. The number of nitrogens with two attached hydrogens (primary N) is 1. The van der Waals surface area contributed by atoms with Crippen LogP contribution in [0.5, 0.6) is 0 Å². The van der Waals surface area contributed by atoms with Gasteiger partial charge >= 0.3 is 0 Å². The summed E-state index contributed by atoms with van der Waals surface area (Å²) >= 11 is 0. The van der Waals surface area contributed by atoms with Crippen LogP contribution in [0.15, 0.2) is 24.3 Å². The molecule has 46 valence electrons. The van der Waals surface area contributed by atoms with Gasteiger partial charge in [0, 0.05) is 12.1 Å². The smallest absolute Gasteiger partial charge is 0.0314 e. The van der Waals surface area contributed by atoms with E-state index in [1.54, 1.807) is 0 Å². The van der Waals surface area contributed by atoms with Crippen molar-refractivity contribution in [2.75, 3.05) is 5.73 Å². The summed E-state index contributed by atoms with van der Waals surface area (Å²) in [5.41, 5.74) is 7.34. The summed E-state index contributed by atoms with van der Waals surface area (Å²) in [7, 11) is 0. The molecule has 0 aliphatic carbocycles. The van der Waals surface area contributed by atoms with Crippen LogP contribution in [0.2, 0.25) is 0 Å². The molecule has 0 saturated heterocycles. The van der Waals surface area contributed by atoms with Crippen LogP contribution in [0.1, 0.15) is 12.5 Å². The minimum atomic E-state index is 0.800. The minimum absolute atomic E-state index is 0.800. The maximum absolute atomic E-state index is 5.45. The highest BCUT2D eigenvalue weighted by Gasteiger charge is 1.86. The van der Waals surface area contributed by atoms with Crippen molar-refractivity contribution >= 4 is 5.69 Å². The van der Waals surface area contributed by atoms with Crippen molar-refractivity contribution in [2.24, 2.45) is 0 Å². The van der Waals surface area contributed by atoms with Crippen molar-refractivity contribution in [3.8, 4) is 0 Å². The summed E-state index contributed by atoms with van der Waals surface area (Å²) in [6.07, 6.45) is 3.00. The predicted molar refractivity (Wildman–Crippen MR) is 38.9 cm³/mol. The number of hydrogen-bond donors (Lipinski definition) is 1. The molecule has 0 heterocycles. The van der Waals surface area contributed by atoms with Crippen LogP contribution in [0.3, 0.4) is 0 Å². The zero-order chi connectivity index (χ0) is 6.69. The zero-order valence-electron chi connectivity index (χ0n) is 5.39. The zero-order valence-corrected chi connectivity index (χ0v) is 5.39. The Labute approximate surface area is 55.5 Å². The van der Waals surface area contributed by atoms with E-state index >= 15 is 0 Å². The first-order chi connectivity index (χ1) is 4.33. The molecule has 0 saturated carbocycles. The molecule has 1 aromatic carbocycles. The van der Waals surface area contributed by atoms with Gasteiger partial charge in [0.15, 0.2) is 0 Å². The fourth-order valence-electron chi connectivity index (χ4n) is 0.650. The van der Waals surface area contributed by atoms with E-state index in [0.717, 1.165) is 11.3 Å². The number of anilines is 1. The second kappa shape index (κ2) is 2.53. The van der Waals surface area contributed by atoms with Crippen molar-refractivity contribution in [3.05, 3.63) is 36.2 Å². The van der Waals surface area contributed by atoms with E-state index in [2.05, 4.69) is 6.42 Å². The van der Waals surface area contributed by atoms with Crippen molar-refractivity contribution in [1.82, 2.24) is 0 Å². The van der Waals surface area contributed by atoms with E-state index in [-0.39, 0.29) is 0 Å². The second-order valence-electron chi connectivity index (χ2n) is 1.87. The van der Waals surface area contributed by atoms with E-state index in [4.69, 9.17) is 5.73 Å². The third kappa shape index (κ3) is 1.46. The van der Waals surface area contributed by atoms with Crippen molar-refractivity contribution < 1.29 is 0 Å². The van der Waals surface area contributed by atoms with Crippen molar-refractivity contribution in [1.29, 1.82) is 0 Å². The van der Waals surface area contributed by atoms with Gasteiger partial charge in [0.2, 0.25) is 0 Å². The van der Waals surface area contributed by atoms with Crippen LogP contribution in [0.4, 0.5) is 5.69 Å². The molecule has 0 bridgehead atoms. The lowest BCUT2D eigenvalue weighted by atomic mass is 10.2. The van der Waals surface area contributed by atoms with Gasteiger partial charge in [0.25, 0.3) is 0 Å². The number of benzene rings is 1. The fourth-order valence-corrected chi connectivity index (χ4v) is 0.650. The van der Waals surface area contributed by atoms with Gasteiger partial charge in [0.1, 0.15) is 0 Å². The highest BCUT2D eigenvalue weighted by Crippen LogP contribution is 2.05. The fraction of sp³-hybridized carbons (Fsp3) is 0.125. The summed E-state index contributed by atoms with van der Waals surface area (Å²) in [4.78, 5) is 0. The first-order valence-corrected chi connectivity index (χ1v) is 2.86. The number of rotatable bonds is 1. The molecule has 1 aromatic rings. The molecule has 2 radical (unpaired) electrons. The van der Waals surface area contributed by atoms with Crippen LogP contribution in [-0.2, 0) is 0 Å². The molecule has 0 unspecified atom stereocenters. The molecule has 0 aliphatic rings. The van der Waals surface area contributed by atoms with Crippen LogP contribution in [-0.4, -0.2) is 0 Å². The molecule has 1 heteroatoms. The maximum Gasteiger partial charge on any atom is 0.0314 e. The third-order valence-electron chi connectivity index (χ3n) is 1.20. The van der Waals surface area contributed by atoms with Crippen molar-refractivity contribution in [3.63, 3.8) is 0 Å². The molecule has 0 spiro atoms. The molecule has 0 fully saturated rings. The molecule has 1 rings (SSSR count). The van der Waals surface area contributed by atoms with Gasteiger partial charge in [-0.05, 0) is 17.7 Å². The highest BCUT2D eigenvalue weighted by molar-refractivity contribution is 5.40. The molecular formula is C8H9N. The van der Waals surface area contributed by atoms with Gasteiger partial charge in [-0.3, -0.25) is 0 Å². The van der Waals surface area contributed by atoms with Gasteiger partial charge in [-0.25, -0.2) is 0 Å². The van der Waals surface area contributed by atoms with Gasteiger partial charge in [-0.2, -0.15) is 0 Å². The highest BCUT2D eigenvalue weighted by atomic mass is 14.5. The molecule has 2 N–H and O–H groups in total. The Hall–Kier alpha value is -0.980. The lowest BCUT2D eigenvalue weighted by molar-refractivity contribution is 1.43. The van der Waals surface area contributed by atoms with Crippen LogP contribution < -0.4 is 5.73 Å². The quantitative estimate of drug-likeness (QED) is 0.559. The van der Waals surface area contributed by atoms with Crippen LogP contribution in [0.25, 0.3) is 0 Å². The number of hydrogen-bond acceptors (Lipinski definition) is 1. The normalized spacial score (nSPS) is 9.44. The maximum atomic E-state index is 5.45. The Morgan fingerprint density at radius 1 is 1.22 bits per heavy atom. The molecule has 0 aliphatic heterocycles. The minimum Gasteiger partial charge on any atom is -0.399 e. The number of nitrogen functional groups attached to an aromatic ring is 1. The lowest BCUT2D eigenvalue weighted by Gasteiger charge is -1.93. The lowest BCUT2D eigenvalue weighted by Crippen LogP contribution is -1.83. The Morgan fingerprint density at radius 3 is 2.22 bits per heavy atom. The Balaban J connectivity index is 2.88. The van der Waals surface area contributed by atoms with Gasteiger partial charge in [-0.1, -0.05) is 19.1 Å². The van der Waals surface area contributed by atoms with Crippen LogP contribution >= 0.6 is 0 Å².